The summed E-state index contributed by atoms with van der Waals surface area (Å²) in [5.41, 5.74) is 8.97. The quantitative estimate of drug-likeness (QED) is 0.802. The number of pyridine rings is 1. The molecule has 3 aromatic rings. The second-order valence-electron chi connectivity index (χ2n) is 5.70. The normalized spacial score (nSPS) is 12.7. The Bertz CT molecular complexity index is 857. The molecule has 1 aromatic carbocycles. The number of aromatic nitrogens is 3. The predicted molar refractivity (Wildman–Crippen MR) is 85.9 cm³/mol. The van der Waals surface area contributed by atoms with Crippen molar-refractivity contribution < 1.29 is 8.78 Å². The van der Waals surface area contributed by atoms with Crippen molar-refractivity contribution in [2.75, 3.05) is 0 Å². The SMILES string of the molecule is CCC(N)Cn1c(-c2ccc(F)c(F)c2)nc2cc(C)cnc21. The molecule has 4 nitrogen and oxygen atoms in total. The fourth-order valence-electron chi connectivity index (χ4n) is 2.50. The number of rotatable bonds is 4. The third-order valence-electron chi connectivity index (χ3n) is 3.84. The van der Waals surface area contributed by atoms with Gasteiger partial charge in [0.1, 0.15) is 11.3 Å². The number of aryl methyl sites for hydroxylation is 1. The zero-order valence-corrected chi connectivity index (χ0v) is 13.1. The summed E-state index contributed by atoms with van der Waals surface area (Å²) in [5, 5.41) is 0. The van der Waals surface area contributed by atoms with Crippen molar-refractivity contribution in [3.05, 3.63) is 47.7 Å². The van der Waals surface area contributed by atoms with Crippen LogP contribution < -0.4 is 5.73 Å². The molecule has 120 valence electrons. The number of fused-ring (bicyclic) bond motifs is 1. The smallest absolute Gasteiger partial charge is 0.160 e. The van der Waals surface area contributed by atoms with E-state index in [0.29, 0.717) is 29.1 Å². The Morgan fingerprint density at radius 3 is 2.70 bits per heavy atom. The number of nitrogens with zero attached hydrogens (tertiary/aromatic N) is 3. The van der Waals surface area contributed by atoms with Gasteiger partial charge in [0.2, 0.25) is 0 Å². The molecule has 1 unspecified atom stereocenters. The molecule has 0 saturated carbocycles. The average molecular weight is 316 g/mol. The van der Waals surface area contributed by atoms with Crippen LogP contribution in [0.5, 0.6) is 0 Å². The van der Waals surface area contributed by atoms with Crippen LogP contribution in [0.1, 0.15) is 18.9 Å². The summed E-state index contributed by atoms with van der Waals surface area (Å²) in [7, 11) is 0. The molecule has 1 atom stereocenters. The van der Waals surface area contributed by atoms with Crippen molar-refractivity contribution in [3.8, 4) is 11.4 Å². The van der Waals surface area contributed by atoms with E-state index < -0.39 is 11.6 Å². The zero-order valence-electron chi connectivity index (χ0n) is 13.1. The lowest BCUT2D eigenvalue weighted by Crippen LogP contribution is -2.25. The highest BCUT2D eigenvalue weighted by molar-refractivity contribution is 5.77. The van der Waals surface area contributed by atoms with E-state index in [4.69, 9.17) is 5.73 Å². The van der Waals surface area contributed by atoms with Crippen molar-refractivity contribution in [2.45, 2.75) is 32.9 Å². The Morgan fingerprint density at radius 1 is 1.22 bits per heavy atom. The molecule has 23 heavy (non-hydrogen) atoms. The molecule has 0 amide bonds. The number of halogens is 2. The van der Waals surface area contributed by atoms with Crippen LogP contribution in [0, 0.1) is 18.6 Å². The van der Waals surface area contributed by atoms with Crippen LogP contribution in [0.15, 0.2) is 30.5 Å². The van der Waals surface area contributed by atoms with Gasteiger partial charge in [-0.3, -0.25) is 0 Å². The first-order valence-electron chi connectivity index (χ1n) is 7.53. The molecule has 2 aromatic heterocycles. The van der Waals surface area contributed by atoms with E-state index in [2.05, 4.69) is 9.97 Å². The molecule has 0 radical (unpaired) electrons. The van der Waals surface area contributed by atoms with Crippen molar-refractivity contribution in [1.29, 1.82) is 0 Å². The largest absolute Gasteiger partial charge is 0.326 e. The summed E-state index contributed by atoms with van der Waals surface area (Å²) in [6.07, 6.45) is 2.55. The number of hydrogen-bond acceptors (Lipinski definition) is 3. The van der Waals surface area contributed by atoms with Gasteiger partial charge in [-0.15, -0.1) is 0 Å². The molecule has 3 rings (SSSR count). The van der Waals surface area contributed by atoms with E-state index in [1.54, 1.807) is 6.20 Å². The average Bonchev–Trinajstić information content (AvgIpc) is 2.87. The van der Waals surface area contributed by atoms with Gasteiger partial charge in [-0.05, 0) is 43.2 Å². The van der Waals surface area contributed by atoms with E-state index in [0.717, 1.165) is 24.1 Å². The maximum absolute atomic E-state index is 13.6. The molecule has 0 saturated heterocycles. The van der Waals surface area contributed by atoms with Crippen molar-refractivity contribution in [1.82, 2.24) is 14.5 Å². The Labute approximate surface area is 133 Å². The maximum atomic E-state index is 13.6. The van der Waals surface area contributed by atoms with Crippen molar-refractivity contribution in [2.24, 2.45) is 5.73 Å². The number of hydrogen-bond donors (Lipinski definition) is 1. The van der Waals surface area contributed by atoms with Gasteiger partial charge in [0.05, 0.1) is 0 Å². The molecule has 0 aliphatic carbocycles. The van der Waals surface area contributed by atoms with Crippen molar-refractivity contribution in [3.63, 3.8) is 0 Å². The van der Waals surface area contributed by atoms with Gasteiger partial charge >= 0.3 is 0 Å². The van der Waals surface area contributed by atoms with E-state index in [-0.39, 0.29) is 6.04 Å². The van der Waals surface area contributed by atoms with Gasteiger partial charge in [0.25, 0.3) is 0 Å². The molecule has 6 heteroatoms. The van der Waals surface area contributed by atoms with Gasteiger partial charge < -0.3 is 10.3 Å². The highest BCUT2D eigenvalue weighted by atomic mass is 19.2. The number of imidazole rings is 1. The van der Waals surface area contributed by atoms with Crippen LogP contribution in [0.3, 0.4) is 0 Å². The van der Waals surface area contributed by atoms with Crippen LogP contribution in [0.25, 0.3) is 22.6 Å². The van der Waals surface area contributed by atoms with Gasteiger partial charge in [-0.2, -0.15) is 0 Å². The first-order valence-corrected chi connectivity index (χ1v) is 7.53. The Balaban J connectivity index is 2.21. The predicted octanol–water partition coefficient (Wildman–Crippen LogP) is 3.42. The fraction of sp³-hybridized carbons (Fsp3) is 0.294. The summed E-state index contributed by atoms with van der Waals surface area (Å²) in [6.45, 7) is 4.44. The van der Waals surface area contributed by atoms with E-state index in [9.17, 15) is 8.78 Å². The summed E-state index contributed by atoms with van der Waals surface area (Å²) in [5.74, 6) is -1.23. The molecule has 0 spiro atoms. The second kappa shape index (κ2) is 6.04. The lowest BCUT2D eigenvalue weighted by Gasteiger charge is -2.13. The first-order chi connectivity index (χ1) is 11.0. The minimum absolute atomic E-state index is 0.0699. The molecule has 0 fully saturated rings. The standard InChI is InChI=1S/C17H18F2N4/c1-3-12(20)9-23-16(11-4-5-13(18)14(19)7-11)22-15-6-10(2)8-21-17(15)23/h4-8,12H,3,9,20H2,1-2H3. The highest BCUT2D eigenvalue weighted by Gasteiger charge is 2.17. The molecule has 0 bridgehead atoms. The van der Waals surface area contributed by atoms with Gasteiger partial charge in [-0.25, -0.2) is 18.7 Å². The topological polar surface area (TPSA) is 56.7 Å². The summed E-state index contributed by atoms with van der Waals surface area (Å²) >= 11 is 0. The molecule has 2 N–H and O–H groups in total. The maximum Gasteiger partial charge on any atom is 0.160 e. The molecular weight excluding hydrogens is 298 g/mol. The summed E-state index contributed by atoms with van der Waals surface area (Å²) < 4.78 is 28.7. The third-order valence-corrected chi connectivity index (χ3v) is 3.84. The molecule has 2 heterocycles. The van der Waals surface area contributed by atoms with Crippen LogP contribution in [-0.4, -0.2) is 20.6 Å². The van der Waals surface area contributed by atoms with E-state index in [1.807, 2.05) is 24.5 Å². The zero-order chi connectivity index (χ0) is 16.6. The van der Waals surface area contributed by atoms with Gasteiger partial charge in [-0.1, -0.05) is 6.92 Å². The first kappa shape index (κ1) is 15.6. The summed E-state index contributed by atoms with van der Waals surface area (Å²) in [4.78, 5) is 8.99. The monoisotopic (exact) mass is 316 g/mol. The van der Waals surface area contributed by atoms with Crippen LogP contribution in [0.4, 0.5) is 8.78 Å². The van der Waals surface area contributed by atoms with Crippen LogP contribution in [0.2, 0.25) is 0 Å². The Morgan fingerprint density at radius 2 is 2.00 bits per heavy atom. The third kappa shape index (κ3) is 2.94. The minimum Gasteiger partial charge on any atom is -0.326 e. The Hall–Kier alpha value is -2.34. The van der Waals surface area contributed by atoms with E-state index >= 15 is 0 Å². The second-order valence-corrected chi connectivity index (χ2v) is 5.70. The van der Waals surface area contributed by atoms with Gasteiger partial charge in [0.15, 0.2) is 17.3 Å². The van der Waals surface area contributed by atoms with Crippen molar-refractivity contribution >= 4 is 11.2 Å². The van der Waals surface area contributed by atoms with Crippen LogP contribution in [-0.2, 0) is 6.54 Å². The number of benzene rings is 1. The number of nitrogens with two attached hydrogens (primary N) is 1. The van der Waals surface area contributed by atoms with E-state index in [1.165, 1.54) is 6.07 Å². The molecule has 0 aliphatic rings. The molecular formula is C17H18F2N4. The Kier molecular flexibility index (Phi) is 4.09. The lowest BCUT2D eigenvalue weighted by atomic mass is 10.2. The minimum atomic E-state index is -0.898. The molecule has 0 aliphatic heterocycles. The summed E-state index contributed by atoms with van der Waals surface area (Å²) in [6, 6.07) is 5.61. The van der Waals surface area contributed by atoms with Gasteiger partial charge in [0, 0.05) is 24.3 Å². The fourth-order valence-corrected chi connectivity index (χ4v) is 2.50. The lowest BCUT2D eigenvalue weighted by molar-refractivity contribution is 0.508. The van der Waals surface area contributed by atoms with Crippen LogP contribution >= 0.6 is 0 Å². The highest BCUT2D eigenvalue weighted by Crippen LogP contribution is 2.26.